The van der Waals surface area contributed by atoms with Crippen molar-refractivity contribution in [2.24, 2.45) is 0 Å². The Morgan fingerprint density at radius 3 is 2.69 bits per heavy atom. The topological polar surface area (TPSA) is 17.1 Å². The van der Waals surface area contributed by atoms with Gasteiger partial charge in [-0.2, -0.15) is 0 Å². The summed E-state index contributed by atoms with van der Waals surface area (Å²) in [6.45, 7) is 4.19. The van der Waals surface area contributed by atoms with Gasteiger partial charge in [0.25, 0.3) is 0 Å². The first-order valence-electron chi connectivity index (χ1n) is 5.95. The quantitative estimate of drug-likeness (QED) is 0.752. The van der Waals surface area contributed by atoms with Crippen molar-refractivity contribution in [3.05, 3.63) is 46.5 Å². The maximum Gasteiger partial charge on any atom is 0.162 e. The predicted octanol–water partition coefficient (Wildman–Crippen LogP) is 3.53. The van der Waals surface area contributed by atoms with Crippen molar-refractivity contribution in [3.8, 4) is 0 Å². The fourth-order valence-corrected chi connectivity index (χ4v) is 2.14. The maximum absolute atomic E-state index is 11.9. The molecule has 0 amide bonds. The lowest BCUT2D eigenvalue weighted by Crippen LogP contribution is -2.05. The van der Waals surface area contributed by atoms with E-state index in [4.69, 9.17) is 0 Å². The van der Waals surface area contributed by atoms with Crippen LogP contribution in [0.4, 0.5) is 0 Å². The number of benzene rings is 1. The molecule has 84 valence electrons. The number of rotatable bonds is 3. The summed E-state index contributed by atoms with van der Waals surface area (Å²) in [7, 11) is 0. The molecule has 1 heteroatoms. The van der Waals surface area contributed by atoms with Crippen molar-refractivity contribution < 1.29 is 4.79 Å². The molecule has 0 atom stereocenters. The lowest BCUT2D eigenvalue weighted by Gasteiger charge is -2.05. The highest BCUT2D eigenvalue weighted by molar-refractivity contribution is 5.97. The Morgan fingerprint density at radius 2 is 2.06 bits per heavy atom. The van der Waals surface area contributed by atoms with E-state index in [2.05, 4.69) is 38.1 Å². The third-order valence-corrected chi connectivity index (χ3v) is 3.34. The summed E-state index contributed by atoms with van der Waals surface area (Å²) >= 11 is 0. The first-order chi connectivity index (χ1) is 7.66. The fraction of sp³-hybridized carbons (Fsp3) is 0.400. The van der Waals surface area contributed by atoms with Crippen LogP contribution in [0, 0.1) is 13.8 Å². The van der Waals surface area contributed by atoms with Gasteiger partial charge >= 0.3 is 0 Å². The fourth-order valence-electron chi connectivity index (χ4n) is 2.14. The highest BCUT2D eigenvalue weighted by Crippen LogP contribution is 2.20. The molecule has 16 heavy (non-hydrogen) atoms. The van der Waals surface area contributed by atoms with Gasteiger partial charge in [-0.1, -0.05) is 24.3 Å². The van der Waals surface area contributed by atoms with Gasteiger partial charge in [0.05, 0.1) is 0 Å². The molecule has 0 unspecified atom stereocenters. The number of carbonyl (C=O) groups is 1. The molecule has 0 fully saturated rings. The van der Waals surface area contributed by atoms with Crippen LogP contribution in [-0.4, -0.2) is 5.78 Å². The molecule has 0 aromatic heterocycles. The Kier molecular flexibility index (Phi) is 3.23. The van der Waals surface area contributed by atoms with Crippen LogP contribution in [0.1, 0.15) is 36.0 Å². The average molecular weight is 214 g/mol. The van der Waals surface area contributed by atoms with Crippen LogP contribution in [0.5, 0.6) is 0 Å². The highest BCUT2D eigenvalue weighted by Gasteiger charge is 2.13. The summed E-state index contributed by atoms with van der Waals surface area (Å²) < 4.78 is 0. The standard InChI is InChI=1S/C15H18O/c1-11-7-8-13(9-12(11)2)10-15(16)14-5-3-4-6-14/h5,7-9H,3-4,6,10H2,1-2H3. The molecule has 2 rings (SSSR count). The van der Waals surface area contributed by atoms with Gasteiger partial charge in [0.1, 0.15) is 0 Å². The second-order valence-corrected chi connectivity index (χ2v) is 4.64. The summed E-state index contributed by atoms with van der Waals surface area (Å²) in [6.07, 6.45) is 5.86. The lowest BCUT2D eigenvalue weighted by atomic mass is 9.99. The Hall–Kier alpha value is -1.37. The second kappa shape index (κ2) is 4.65. The Morgan fingerprint density at radius 1 is 1.25 bits per heavy atom. The first-order valence-corrected chi connectivity index (χ1v) is 5.95. The molecule has 1 aromatic rings. The predicted molar refractivity (Wildman–Crippen MR) is 66.6 cm³/mol. The smallest absolute Gasteiger partial charge is 0.162 e. The third-order valence-electron chi connectivity index (χ3n) is 3.34. The van der Waals surface area contributed by atoms with Crippen molar-refractivity contribution in [1.82, 2.24) is 0 Å². The van der Waals surface area contributed by atoms with Crippen molar-refractivity contribution in [2.45, 2.75) is 39.5 Å². The summed E-state index contributed by atoms with van der Waals surface area (Å²) in [5, 5.41) is 0. The van der Waals surface area contributed by atoms with Crippen molar-refractivity contribution in [3.63, 3.8) is 0 Å². The molecule has 0 saturated heterocycles. The van der Waals surface area contributed by atoms with E-state index in [0.29, 0.717) is 12.2 Å². The normalized spacial score (nSPS) is 15.0. The number of ketones is 1. The number of hydrogen-bond acceptors (Lipinski definition) is 1. The number of allylic oxidation sites excluding steroid dienone is 2. The maximum atomic E-state index is 11.9. The lowest BCUT2D eigenvalue weighted by molar-refractivity contribution is -0.115. The summed E-state index contributed by atoms with van der Waals surface area (Å²) in [6, 6.07) is 6.29. The summed E-state index contributed by atoms with van der Waals surface area (Å²) in [5.41, 5.74) is 4.74. The molecule has 0 N–H and O–H groups in total. The van der Waals surface area contributed by atoms with E-state index in [-0.39, 0.29) is 0 Å². The van der Waals surface area contributed by atoms with Gasteiger partial charge in [-0.25, -0.2) is 0 Å². The minimum Gasteiger partial charge on any atom is -0.294 e. The molecule has 0 radical (unpaired) electrons. The van der Waals surface area contributed by atoms with Gasteiger partial charge in [0.2, 0.25) is 0 Å². The van der Waals surface area contributed by atoms with E-state index in [9.17, 15) is 4.79 Å². The zero-order valence-corrected chi connectivity index (χ0v) is 10.0. The van der Waals surface area contributed by atoms with Crippen molar-refractivity contribution in [1.29, 1.82) is 0 Å². The van der Waals surface area contributed by atoms with E-state index < -0.39 is 0 Å². The zero-order valence-electron chi connectivity index (χ0n) is 10.0. The van der Waals surface area contributed by atoms with Gasteiger partial charge in [0, 0.05) is 6.42 Å². The molecular formula is C15H18O. The average Bonchev–Trinajstić information content (AvgIpc) is 2.77. The largest absolute Gasteiger partial charge is 0.294 e. The summed E-state index contributed by atoms with van der Waals surface area (Å²) in [5.74, 6) is 0.306. The molecule has 0 bridgehead atoms. The van der Waals surface area contributed by atoms with E-state index in [0.717, 1.165) is 30.4 Å². The summed E-state index contributed by atoms with van der Waals surface area (Å²) in [4.78, 5) is 11.9. The van der Waals surface area contributed by atoms with Crippen LogP contribution in [0.15, 0.2) is 29.8 Å². The molecule has 0 aliphatic heterocycles. The van der Waals surface area contributed by atoms with Gasteiger partial charge < -0.3 is 0 Å². The number of hydrogen-bond donors (Lipinski definition) is 0. The van der Waals surface area contributed by atoms with Gasteiger partial charge in [-0.05, 0) is 55.4 Å². The number of Topliss-reactive ketones (excluding diaryl/α,β-unsaturated/α-hetero) is 1. The van der Waals surface area contributed by atoms with Gasteiger partial charge in [0.15, 0.2) is 5.78 Å². The molecule has 0 heterocycles. The molecule has 0 spiro atoms. The Bertz CT molecular complexity index is 441. The van der Waals surface area contributed by atoms with Crippen LogP contribution < -0.4 is 0 Å². The van der Waals surface area contributed by atoms with Crippen LogP contribution in [0.25, 0.3) is 0 Å². The molecule has 1 nitrogen and oxygen atoms in total. The SMILES string of the molecule is Cc1ccc(CC(=O)C2=CCCC2)cc1C. The van der Waals surface area contributed by atoms with Crippen molar-refractivity contribution in [2.75, 3.05) is 0 Å². The minimum atomic E-state index is 0.306. The molecule has 0 saturated carbocycles. The van der Waals surface area contributed by atoms with E-state index >= 15 is 0 Å². The molecule has 1 aliphatic rings. The Balaban J connectivity index is 2.08. The number of carbonyl (C=O) groups excluding carboxylic acids is 1. The third kappa shape index (κ3) is 2.41. The second-order valence-electron chi connectivity index (χ2n) is 4.64. The van der Waals surface area contributed by atoms with Gasteiger partial charge in [-0.3, -0.25) is 4.79 Å². The molecule has 1 aliphatic carbocycles. The van der Waals surface area contributed by atoms with Crippen LogP contribution >= 0.6 is 0 Å². The minimum absolute atomic E-state index is 0.306. The zero-order chi connectivity index (χ0) is 11.5. The molecular weight excluding hydrogens is 196 g/mol. The molecule has 1 aromatic carbocycles. The van der Waals surface area contributed by atoms with Crippen LogP contribution in [-0.2, 0) is 11.2 Å². The van der Waals surface area contributed by atoms with E-state index in [1.807, 2.05) is 0 Å². The van der Waals surface area contributed by atoms with Crippen LogP contribution in [0.2, 0.25) is 0 Å². The van der Waals surface area contributed by atoms with Crippen molar-refractivity contribution >= 4 is 5.78 Å². The van der Waals surface area contributed by atoms with E-state index in [1.54, 1.807) is 0 Å². The van der Waals surface area contributed by atoms with Crippen LogP contribution in [0.3, 0.4) is 0 Å². The number of aryl methyl sites for hydroxylation is 2. The first kappa shape index (κ1) is 11.1. The van der Waals surface area contributed by atoms with E-state index in [1.165, 1.54) is 11.1 Å². The monoisotopic (exact) mass is 214 g/mol. The highest BCUT2D eigenvalue weighted by atomic mass is 16.1. The van der Waals surface area contributed by atoms with Gasteiger partial charge in [-0.15, -0.1) is 0 Å². The Labute approximate surface area is 97.2 Å².